The van der Waals surface area contributed by atoms with Crippen molar-refractivity contribution < 1.29 is 14.4 Å². The summed E-state index contributed by atoms with van der Waals surface area (Å²) in [6.07, 6.45) is 4.90. The molecule has 1 aromatic rings. The first-order valence-corrected chi connectivity index (χ1v) is 12.1. The number of rotatable bonds is 12. The second kappa shape index (κ2) is 13.3. The van der Waals surface area contributed by atoms with Gasteiger partial charge in [-0.25, -0.2) is 0 Å². The molecule has 0 bridgehead atoms. The molecule has 1 aromatic carbocycles. The Kier molecular flexibility index (Phi) is 10.8. The van der Waals surface area contributed by atoms with E-state index >= 15 is 0 Å². The molecule has 0 radical (unpaired) electrons. The summed E-state index contributed by atoms with van der Waals surface area (Å²) in [5, 5.41) is 11.8. The molecule has 8 nitrogen and oxygen atoms in total. The van der Waals surface area contributed by atoms with Gasteiger partial charge in [0.25, 0.3) is 0 Å². The maximum Gasteiger partial charge on any atom is 0.243 e. The Labute approximate surface area is 197 Å². The van der Waals surface area contributed by atoms with Crippen LogP contribution >= 0.6 is 0 Å². The summed E-state index contributed by atoms with van der Waals surface area (Å²) in [4.78, 5) is 38.7. The zero-order chi connectivity index (χ0) is 24.4. The first-order chi connectivity index (χ1) is 15.8. The van der Waals surface area contributed by atoms with Gasteiger partial charge < -0.3 is 27.0 Å². The van der Waals surface area contributed by atoms with Crippen molar-refractivity contribution in [2.45, 2.75) is 83.5 Å². The molecular weight excluding hydrogens is 418 g/mol. The van der Waals surface area contributed by atoms with E-state index < -0.39 is 18.1 Å². The molecule has 0 aliphatic heterocycles. The molecule has 0 heterocycles. The van der Waals surface area contributed by atoms with E-state index in [9.17, 15) is 14.4 Å². The Balaban J connectivity index is 2.11. The average molecular weight is 460 g/mol. The van der Waals surface area contributed by atoms with Crippen molar-refractivity contribution in [2.24, 2.45) is 11.7 Å². The van der Waals surface area contributed by atoms with Crippen LogP contribution in [0.2, 0.25) is 0 Å². The minimum Gasteiger partial charge on any atom is -0.348 e. The summed E-state index contributed by atoms with van der Waals surface area (Å²) in [6.45, 7) is 6.01. The Hall–Kier alpha value is -2.45. The molecular formula is C25H41N5O3. The zero-order valence-corrected chi connectivity index (χ0v) is 20.4. The van der Waals surface area contributed by atoms with Gasteiger partial charge in [0.2, 0.25) is 17.7 Å². The Morgan fingerprint density at radius 2 is 1.76 bits per heavy atom. The number of likely N-dealkylation sites (N-methyl/N-ethyl adjacent to an activating group) is 1. The third-order valence-electron chi connectivity index (χ3n) is 6.34. The van der Waals surface area contributed by atoms with Crippen LogP contribution in [-0.4, -0.2) is 49.4 Å². The molecule has 6 N–H and O–H groups in total. The number of unbranched alkanes of at least 4 members (excludes halogenated alkanes) is 1. The fourth-order valence-electron chi connectivity index (χ4n) is 4.14. The number of fused-ring (bicyclic) bond motifs is 1. The molecule has 1 unspecified atom stereocenters. The topological polar surface area (TPSA) is 125 Å². The van der Waals surface area contributed by atoms with E-state index in [0.717, 1.165) is 37.7 Å². The van der Waals surface area contributed by atoms with Crippen molar-refractivity contribution in [2.75, 3.05) is 13.6 Å². The quantitative estimate of drug-likeness (QED) is 0.303. The smallest absolute Gasteiger partial charge is 0.243 e. The molecule has 3 amide bonds. The van der Waals surface area contributed by atoms with Crippen LogP contribution in [0.25, 0.3) is 0 Å². The van der Waals surface area contributed by atoms with E-state index in [-0.39, 0.29) is 29.7 Å². The van der Waals surface area contributed by atoms with E-state index in [1.165, 1.54) is 5.56 Å². The zero-order valence-electron chi connectivity index (χ0n) is 20.4. The van der Waals surface area contributed by atoms with Gasteiger partial charge in [0, 0.05) is 0 Å². The molecule has 184 valence electrons. The Morgan fingerprint density at radius 1 is 1.03 bits per heavy atom. The summed E-state index contributed by atoms with van der Waals surface area (Å²) < 4.78 is 0. The largest absolute Gasteiger partial charge is 0.348 e. The number of amides is 3. The standard InChI is InChI=1S/C25H41N5O3/c1-16(2)22(30-23(31)17(3)27-4)25(33)29-21(13-7-8-15-26)24(32)28-20-14-9-11-18-10-5-6-12-19(18)20/h5-6,10,12,16-17,20-22,27H,7-9,11,13-15,26H2,1-4H3,(H,28,32)(H,29,33)(H,30,31)/t17-,20?,21-,22-/m0/s1. The molecule has 0 saturated carbocycles. The van der Waals surface area contributed by atoms with Crippen LogP contribution in [0.15, 0.2) is 24.3 Å². The van der Waals surface area contributed by atoms with Crippen LogP contribution < -0.4 is 27.0 Å². The van der Waals surface area contributed by atoms with E-state index in [1.807, 2.05) is 26.0 Å². The van der Waals surface area contributed by atoms with E-state index in [1.54, 1.807) is 14.0 Å². The number of carbonyl (C=O) groups excluding carboxylic acids is 3. The number of carbonyl (C=O) groups is 3. The van der Waals surface area contributed by atoms with Crippen molar-refractivity contribution in [3.8, 4) is 0 Å². The second-order valence-electron chi connectivity index (χ2n) is 9.24. The minimum atomic E-state index is -0.728. The van der Waals surface area contributed by atoms with Crippen LogP contribution in [0, 0.1) is 5.92 Å². The number of benzene rings is 1. The highest BCUT2D eigenvalue weighted by Gasteiger charge is 2.31. The van der Waals surface area contributed by atoms with Gasteiger partial charge in [-0.3, -0.25) is 14.4 Å². The summed E-state index contributed by atoms with van der Waals surface area (Å²) >= 11 is 0. The molecule has 33 heavy (non-hydrogen) atoms. The summed E-state index contributed by atoms with van der Waals surface area (Å²) in [7, 11) is 1.69. The van der Waals surface area contributed by atoms with Gasteiger partial charge in [0.1, 0.15) is 12.1 Å². The summed E-state index contributed by atoms with van der Waals surface area (Å²) in [5.41, 5.74) is 8.05. The lowest BCUT2D eigenvalue weighted by Crippen LogP contribution is -2.57. The Morgan fingerprint density at radius 3 is 2.42 bits per heavy atom. The minimum absolute atomic E-state index is 0.0616. The molecule has 0 spiro atoms. The Bertz CT molecular complexity index is 798. The predicted octanol–water partition coefficient (Wildman–Crippen LogP) is 1.54. The number of aryl methyl sites for hydroxylation is 1. The van der Waals surface area contributed by atoms with Crippen molar-refractivity contribution in [3.05, 3.63) is 35.4 Å². The number of nitrogens with two attached hydrogens (primary N) is 1. The first-order valence-electron chi connectivity index (χ1n) is 12.1. The first kappa shape index (κ1) is 26.8. The highest BCUT2D eigenvalue weighted by Crippen LogP contribution is 2.29. The average Bonchev–Trinajstić information content (AvgIpc) is 2.81. The highest BCUT2D eigenvalue weighted by atomic mass is 16.2. The molecule has 0 aromatic heterocycles. The van der Waals surface area contributed by atoms with Gasteiger partial charge in [-0.05, 0) is 76.1 Å². The fourth-order valence-corrected chi connectivity index (χ4v) is 4.14. The monoisotopic (exact) mass is 459 g/mol. The summed E-state index contributed by atoms with van der Waals surface area (Å²) in [6, 6.07) is 6.29. The molecule has 1 aliphatic carbocycles. The molecule has 8 heteroatoms. The van der Waals surface area contributed by atoms with E-state index in [2.05, 4.69) is 33.4 Å². The maximum atomic E-state index is 13.3. The van der Waals surface area contributed by atoms with Crippen molar-refractivity contribution >= 4 is 17.7 Å². The van der Waals surface area contributed by atoms with Gasteiger partial charge in [0.05, 0.1) is 12.1 Å². The van der Waals surface area contributed by atoms with E-state index in [4.69, 9.17) is 5.73 Å². The molecule has 0 saturated heterocycles. The van der Waals surface area contributed by atoms with Gasteiger partial charge in [-0.15, -0.1) is 0 Å². The van der Waals surface area contributed by atoms with Crippen LogP contribution in [0.1, 0.15) is 70.0 Å². The highest BCUT2D eigenvalue weighted by molar-refractivity contribution is 5.93. The van der Waals surface area contributed by atoms with Crippen molar-refractivity contribution in [3.63, 3.8) is 0 Å². The van der Waals surface area contributed by atoms with Crippen LogP contribution in [0.3, 0.4) is 0 Å². The lowest BCUT2D eigenvalue weighted by atomic mass is 9.87. The summed E-state index contributed by atoms with van der Waals surface area (Å²) in [5.74, 6) is -0.927. The third-order valence-corrected chi connectivity index (χ3v) is 6.34. The molecule has 2 rings (SSSR count). The van der Waals surface area contributed by atoms with Gasteiger partial charge in [-0.2, -0.15) is 0 Å². The van der Waals surface area contributed by atoms with Crippen LogP contribution in [0.4, 0.5) is 0 Å². The second-order valence-corrected chi connectivity index (χ2v) is 9.24. The third kappa shape index (κ3) is 7.82. The predicted molar refractivity (Wildman–Crippen MR) is 130 cm³/mol. The maximum absolute atomic E-state index is 13.3. The number of hydrogen-bond donors (Lipinski definition) is 5. The lowest BCUT2D eigenvalue weighted by molar-refractivity contribution is -0.133. The SMILES string of the molecule is CN[C@@H](C)C(=O)N[C@H](C(=O)N[C@@H](CCCCN)C(=O)NC1CCCc2ccccc21)C(C)C. The van der Waals surface area contributed by atoms with Crippen LogP contribution in [-0.2, 0) is 20.8 Å². The normalized spacial score (nSPS) is 18.1. The van der Waals surface area contributed by atoms with Gasteiger partial charge in [0.15, 0.2) is 0 Å². The lowest BCUT2D eigenvalue weighted by Gasteiger charge is -2.30. The van der Waals surface area contributed by atoms with Crippen LogP contribution in [0.5, 0.6) is 0 Å². The number of nitrogens with one attached hydrogen (secondary N) is 4. The van der Waals surface area contributed by atoms with Gasteiger partial charge >= 0.3 is 0 Å². The molecule has 0 fully saturated rings. The van der Waals surface area contributed by atoms with Crippen molar-refractivity contribution in [1.82, 2.24) is 21.3 Å². The molecule has 4 atom stereocenters. The van der Waals surface area contributed by atoms with Gasteiger partial charge in [-0.1, -0.05) is 38.1 Å². The fraction of sp³-hybridized carbons (Fsp3) is 0.640. The van der Waals surface area contributed by atoms with Crippen molar-refractivity contribution in [1.29, 1.82) is 0 Å². The molecule has 1 aliphatic rings. The number of hydrogen-bond acceptors (Lipinski definition) is 5. The van der Waals surface area contributed by atoms with E-state index in [0.29, 0.717) is 13.0 Å².